The van der Waals surface area contributed by atoms with Gasteiger partial charge in [-0.15, -0.1) is 0 Å². The summed E-state index contributed by atoms with van der Waals surface area (Å²) < 4.78 is 0.996. The largest absolute Gasteiger partial charge is 0.389 e. The maximum Gasteiger partial charge on any atom is 0.0772 e. The molecule has 0 amide bonds. The fourth-order valence-corrected chi connectivity index (χ4v) is 3.86. The van der Waals surface area contributed by atoms with Crippen LogP contribution in [-0.2, 0) is 0 Å². The number of hydrogen-bond donors (Lipinski definition) is 1. The highest BCUT2D eigenvalue weighted by Crippen LogP contribution is 2.30. The predicted octanol–water partition coefficient (Wildman–Crippen LogP) is 3.44. The van der Waals surface area contributed by atoms with Crippen LogP contribution in [0.15, 0.2) is 22.7 Å². The molecule has 0 aromatic heterocycles. The van der Waals surface area contributed by atoms with Crippen molar-refractivity contribution in [3.05, 3.63) is 28.2 Å². The number of aliphatic hydroxyl groups excluding tert-OH is 1. The van der Waals surface area contributed by atoms with Gasteiger partial charge in [0.2, 0.25) is 0 Å². The molecule has 1 unspecified atom stereocenters. The summed E-state index contributed by atoms with van der Waals surface area (Å²) in [6.07, 6.45) is -0.423. The van der Waals surface area contributed by atoms with Crippen LogP contribution in [0.1, 0.15) is 25.5 Å². The van der Waals surface area contributed by atoms with E-state index in [0.717, 1.165) is 16.6 Å². The zero-order valence-corrected chi connectivity index (χ0v) is 12.6. The Morgan fingerprint density at radius 3 is 2.88 bits per heavy atom. The molecular weight excluding hydrogens is 298 g/mol. The fourth-order valence-electron chi connectivity index (χ4n) is 2.14. The van der Waals surface area contributed by atoms with Crippen molar-refractivity contribution >= 4 is 33.4 Å². The first kappa shape index (κ1) is 13.2. The van der Waals surface area contributed by atoms with Gasteiger partial charge in [0.05, 0.1) is 6.10 Å². The molecule has 1 aliphatic heterocycles. The zero-order valence-electron chi connectivity index (χ0n) is 10.2. The standard InChI is InChI=1S/C13H18BrNOS/c1-9-8-17-6-5-15(9)11-3-4-12(10(2)16)13(14)7-11/h3-4,7,9-10,16H,5-6,8H2,1-2H3/t9?,10-/m0/s1. The van der Waals surface area contributed by atoms with E-state index in [-0.39, 0.29) is 0 Å². The number of hydrogen-bond acceptors (Lipinski definition) is 3. The van der Waals surface area contributed by atoms with Gasteiger partial charge in [-0.3, -0.25) is 0 Å². The minimum Gasteiger partial charge on any atom is -0.389 e. The molecule has 2 nitrogen and oxygen atoms in total. The zero-order chi connectivity index (χ0) is 12.4. The van der Waals surface area contributed by atoms with Gasteiger partial charge < -0.3 is 10.0 Å². The van der Waals surface area contributed by atoms with E-state index < -0.39 is 6.10 Å². The first-order chi connectivity index (χ1) is 8.09. The molecule has 0 spiro atoms. The van der Waals surface area contributed by atoms with Crippen LogP contribution < -0.4 is 4.90 Å². The first-order valence-corrected chi connectivity index (χ1v) is 7.86. The van der Waals surface area contributed by atoms with E-state index in [2.05, 4.69) is 39.9 Å². The van der Waals surface area contributed by atoms with Crippen LogP contribution in [0, 0.1) is 0 Å². The van der Waals surface area contributed by atoms with Crippen molar-refractivity contribution in [2.24, 2.45) is 0 Å². The first-order valence-electron chi connectivity index (χ1n) is 5.91. The summed E-state index contributed by atoms with van der Waals surface area (Å²) in [4.78, 5) is 2.44. The summed E-state index contributed by atoms with van der Waals surface area (Å²) in [6.45, 7) is 5.16. The lowest BCUT2D eigenvalue weighted by Crippen LogP contribution is -2.40. The normalized spacial score (nSPS) is 22.6. The Kier molecular flexibility index (Phi) is 4.39. The average Bonchev–Trinajstić information content (AvgIpc) is 2.29. The van der Waals surface area contributed by atoms with Crippen LogP contribution in [0.4, 0.5) is 5.69 Å². The predicted molar refractivity (Wildman–Crippen MR) is 78.9 cm³/mol. The second-order valence-corrected chi connectivity index (χ2v) is 6.50. The van der Waals surface area contributed by atoms with Gasteiger partial charge >= 0.3 is 0 Å². The lowest BCUT2D eigenvalue weighted by molar-refractivity contribution is 0.198. The molecule has 0 aliphatic carbocycles. The molecule has 0 bridgehead atoms. The molecule has 0 radical (unpaired) electrons. The number of anilines is 1. The Hall–Kier alpha value is -0.190. The number of nitrogens with zero attached hydrogens (tertiary/aromatic N) is 1. The molecule has 4 heteroatoms. The van der Waals surface area contributed by atoms with Crippen LogP contribution in [0.3, 0.4) is 0 Å². The number of benzene rings is 1. The third-order valence-corrected chi connectivity index (χ3v) is 5.01. The van der Waals surface area contributed by atoms with Crippen molar-refractivity contribution in [2.75, 3.05) is 23.0 Å². The third kappa shape index (κ3) is 2.98. The Labute approximate surface area is 116 Å². The molecule has 2 rings (SSSR count). The van der Waals surface area contributed by atoms with Gasteiger partial charge in [0.1, 0.15) is 0 Å². The Morgan fingerprint density at radius 2 is 2.29 bits per heavy atom. The van der Waals surface area contributed by atoms with E-state index >= 15 is 0 Å². The molecule has 1 fully saturated rings. The number of halogens is 1. The summed E-state index contributed by atoms with van der Waals surface area (Å²) in [5.41, 5.74) is 2.20. The van der Waals surface area contributed by atoms with Crippen LogP contribution in [0.25, 0.3) is 0 Å². The van der Waals surface area contributed by atoms with Gasteiger partial charge in [0.25, 0.3) is 0 Å². The van der Waals surface area contributed by atoms with Gasteiger partial charge in [-0.25, -0.2) is 0 Å². The van der Waals surface area contributed by atoms with Crippen molar-refractivity contribution in [1.82, 2.24) is 0 Å². The van der Waals surface area contributed by atoms with E-state index in [1.165, 1.54) is 17.2 Å². The molecule has 1 heterocycles. The van der Waals surface area contributed by atoms with E-state index in [9.17, 15) is 5.11 Å². The minimum absolute atomic E-state index is 0.423. The minimum atomic E-state index is -0.423. The van der Waals surface area contributed by atoms with Gasteiger partial charge in [-0.1, -0.05) is 22.0 Å². The van der Waals surface area contributed by atoms with Crippen LogP contribution in [-0.4, -0.2) is 29.2 Å². The average molecular weight is 316 g/mol. The lowest BCUT2D eigenvalue weighted by atomic mass is 10.1. The van der Waals surface area contributed by atoms with E-state index in [1.807, 2.05) is 17.8 Å². The molecule has 0 saturated carbocycles. The van der Waals surface area contributed by atoms with E-state index in [1.54, 1.807) is 6.92 Å². The van der Waals surface area contributed by atoms with Crippen molar-refractivity contribution in [3.63, 3.8) is 0 Å². The summed E-state index contributed by atoms with van der Waals surface area (Å²) in [6, 6.07) is 6.82. The van der Waals surface area contributed by atoms with Crippen LogP contribution in [0.2, 0.25) is 0 Å². The summed E-state index contributed by atoms with van der Waals surface area (Å²) >= 11 is 5.56. The van der Waals surface area contributed by atoms with Crippen molar-refractivity contribution < 1.29 is 5.11 Å². The SMILES string of the molecule is CC1CSCCN1c1ccc([C@H](C)O)c(Br)c1. The quantitative estimate of drug-likeness (QED) is 0.904. The fraction of sp³-hybridized carbons (Fsp3) is 0.538. The molecule has 1 aromatic rings. The maximum absolute atomic E-state index is 9.61. The van der Waals surface area contributed by atoms with Crippen LogP contribution >= 0.6 is 27.7 Å². The molecule has 17 heavy (non-hydrogen) atoms. The Balaban J connectivity index is 2.24. The van der Waals surface area contributed by atoms with Crippen LogP contribution in [0.5, 0.6) is 0 Å². The monoisotopic (exact) mass is 315 g/mol. The smallest absolute Gasteiger partial charge is 0.0772 e. The summed E-state index contributed by atoms with van der Waals surface area (Å²) in [5, 5.41) is 9.61. The van der Waals surface area contributed by atoms with Gasteiger partial charge in [0, 0.05) is 34.3 Å². The highest BCUT2D eigenvalue weighted by Gasteiger charge is 2.19. The van der Waals surface area contributed by atoms with Crippen molar-refractivity contribution in [1.29, 1.82) is 0 Å². The molecule has 1 aromatic carbocycles. The van der Waals surface area contributed by atoms with Crippen molar-refractivity contribution in [3.8, 4) is 0 Å². The molecule has 2 atom stereocenters. The van der Waals surface area contributed by atoms with Gasteiger partial charge in [0.15, 0.2) is 0 Å². The Morgan fingerprint density at radius 1 is 1.53 bits per heavy atom. The van der Waals surface area contributed by atoms with E-state index in [4.69, 9.17) is 0 Å². The van der Waals surface area contributed by atoms with Gasteiger partial charge in [-0.05, 0) is 31.5 Å². The number of thioether (sulfide) groups is 1. The Bertz CT molecular complexity index is 397. The van der Waals surface area contributed by atoms with E-state index in [0.29, 0.717) is 6.04 Å². The highest BCUT2D eigenvalue weighted by atomic mass is 79.9. The molecule has 94 valence electrons. The summed E-state index contributed by atoms with van der Waals surface area (Å²) in [7, 11) is 0. The molecular formula is C13H18BrNOS. The topological polar surface area (TPSA) is 23.5 Å². The second-order valence-electron chi connectivity index (χ2n) is 4.50. The lowest BCUT2D eigenvalue weighted by Gasteiger charge is -2.35. The molecule has 1 aliphatic rings. The molecule has 1 N–H and O–H groups in total. The third-order valence-electron chi connectivity index (χ3n) is 3.13. The highest BCUT2D eigenvalue weighted by molar-refractivity contribution is 9.10. The van der Waals surface area contributed by atoms with Crippen molar-refractivity contribution in [2.45, 2.75) is 26.0 Å². The number of rotatable bonds is 2. The second kappa shape index (κ2) is 5.63. The molecule has 1 saturated heterocycles. The van der Waals surface area contributed by atoms with Gasteiger partial charge in [-0.2, -0.15) is 11.8 Å². The number of aliphatic hydroxyl groups is 1. The maximum atomic E-state index is 9.61. The summed E-state index contributed by atoms with van der Waals surface area (Å²) in [5.74, 6) is 2.38.